The van der Waals surface area contributed by atoms with Crippen LogP contribution in [0.25, 0.3) is 22.6 Å². The zero-order chi connectivity index (χ0) is 21.8. The average molecular weight is 459 g/mol. The second-order valence-electron chi connectivity index (χ2n) is 8.34. The van der Waals surface area contributed by atoms with Crippen molar-refractivity contribution in [2.75, 3.05) is 26.7 Å². The number of hydrogen-bond donors (Lipinski definition) is 1. The van der Waals surface area contributed by atoms with Gasteiger partial charge in [-0.1, -0.05) is 23.2 Å². The summed E-state index contributed by atoms with van der Waals surface area (Å²) < 4.78 is 5.85. The first-order valence-electron chi connectivity index (χ1n) is 10.8. The van der Waals surface area contributed by atoms with E-state index in [1.165, 1.54) is 32.4 Å². The van der Waals surface area contributed by atoms with E-state index in [-0.39, 0.29) is 0 Å². The first-order chi connectivity index (χ1) is 15.0. The summed E-state index contributed by atoms with van der Waals surface area (Å²) in [7, 11) is 2.20. The third-order valence-corrected chi connectivity index (χ3v) is 6.31. The van der Waals surface area contributed by atoms with Crippen LogP contribution in [0, 0.1) is 12.8 Å². The quantitative estimate of drug-likeness (QED) is 0.424. The molecule has 1 saturated heterocycles. The molecule has 0 spiro atoms. The molecule has 3 heterocycles. The standard InChI is InChI=1S/C24H28Cl2N4O/c1-16-23(19-12-20(25)14-21(26)13-19)29-24(28-16)18-5-6-22(27-15-18)31-11-3-4-17-7-9-30(2)10-8-17/h5-6,12-15,17H,3-4,7-11H2,1-2H3,(H,28,29). The maximum atomic E-state index is 6.15. The number of pyridine rings is 1. The van der Waals surface area contributed by atoms with Crippen molar-refractivity contribution in [3.8, 4) is 28.5 Å². The Balaban J connectivity index is 1.34. The number of hydrogen-bond acceptors (Lipinski definition) is 4. The van der Waals surface area contributed by atoms with Gasteiger partial charge in [0.15, 0.2) is 0 Å². The highest BCUT2D eigenvalue weighted by Crippen LogP contribution is 2.30. The Labute approximate surface area is 193 Å². The number of benzene rings is 1. The Morgan fingerprint density at radius 3 is 2.52 bits per heavy atom. The molecule has 4 rings (SSSR count). The van der Waals surface area contributed by atoms with Crippen LogP contribution in [0.5, 0.6) is 5.88 Å². The Hall–Kier alpha value is -2.08. The summed E-state index contributed by atoms with van der Waals surface area (Å²) in [5.41, 5.74) is 3.56. The molecule has 1 fully saturated rings. The van der Waals surface area contributed by atoms with Crippen LogP contribution in [0.1, 0.15) is 31.4 Å². The molecule has 31 heavy (non-hydrogen) atoms. The van der Waals surface area contributed by atoms with E-state index < -0.39 is 0 Å². The Morgan fingerprint density at radius 2 is 1.84 bits per heavy atom. The number of likely N-dealkylation sites (tertiary alicyclic amines) is 1. The van der Waals surface area contributed by atoms with E-state index in [2.05, 4.69) is 21.9 Å². The molecule has 0 saturated carbocycles. The molecule has 7 heteroatoms. The van der Waals surface area contributed by atoms with Crippen LogP contribution in [0.2, 0.25) is 10.0 Å². The summed E-state index contributed by atoms with van der Waals surface area (Å²) in [4.78, 5) is 14.9. The minimum atomic E-state index is 0.588. The second kappa shape index (κ2) is 10.0. The fourth-order valence-corrected chi connectivity index (χ4v) is 4.60. The van der Waals surface area contributed by atoms with Gasteiger partial charge in [0.05, 0.1) is 12.3 Å². The SMILES string of the molecule is Cc1[nH]c(-c2ccc(OCCCC3CCN(C)CC3)nc2)nc1-c1cc(Cl)cc(Cl)c1. The van der Waals surface area contributed by atoms with E-state index in [1.54, 1.807) is 12.3 Å². The Kier molecular flexibility index (Phi) is 7.16. The molecule has 0 radical (unpaired) electrons. The molecule has 0 bridgehead atoms. The molecule has 2 aromatic heterocycles. The highest BCUT2D eigenvalue weighted by molar-refractivity contribution is 6.35. The van der Waals surface area contributed by atoms with Gasteiger partial charge < -0.3 is 14.6 Å². The maximum absolute atomic E-state index is 6.15. The fourth-order valence-electron chi connectivity index (χ4n) is 4.07. The smallest absolute Gasteiger partial charge is 0.213 e. The van der Waals surface area contributed by atoms with Gasteiger partial charge in [-0.15, -0.1) is 0 Å². The molecule has 1 aliphatic rings. The Morgan fingerprint density at radius 1 is 1.10 bits per heavy atom. The van der Waals surface area contributed by atoms with Crippen molar-refractivity contribution >= 4 is 23.2 Å². The summed E-state index contributed by atoms with van der Waals surface area (Å²) >= 11 is 12.3. The van der Waals surface area contributed by atoms with Gasteiger partial charge >= 0.3 is 0 Å². The zero-order valence-electron chi connectivity index (χ0n) is 18.0. The molecule has 5 nitrogen and oxygen atoms in total. The van der Waals surface area contributed by atoms with Gasteiger partial charge in [0, 0.05) is 39.1 Å². The number of nitrogens with one attached hydrogen (secondary N) is 1. The summed E-state index contributed by atoms with van der Waals surface area (Å²) in [5, 5.41) is 1.18. The monoisotopic (exact) mass is 458 g/mol. The molecule has 0 atom stereocenters. The van der Waals surface area contributed by atoms with Gasteiger partial charge in [-0.3, -0.25) is 0 Å². The van der Waals surface area contributed by atoms with Crippen LogP contribution in [0.4, 0.5) is 0 Å². The predicted molar refractivity (Wildman–Crippen MR) is 127 cm³/mol. The molecule has 1 N–H and O–H groups in total. The van der Waals surface area contributed by atoms with Gasteiger partial charge in [0.25, 0.3) is 0 Å². The molecule has 164 valence electrons. The predicted octanol–water partition coefficient (Wildman–Crippen LogP) is 6.25. The molecule has 0 aliphatic carbocycles. The van der Waals surface area contributed by atoms with E-state index in [0.717, 1.165) is 40.7 Å². The van der Waals surface area contributed by atoms with E-state index in [1.807, 2.05) is 31.2 Å². The number of H-pyrrole nitrogens is 1. The summed E-state index contributed by atoms with van der Waals surface area (Å²) in [6.45, 7) is 5.12. The Bertz CT molecular complexity index is 991. The number of ether oxygens (including phenoxy) is 1. The molecule has 1 aliphatic heterocycles. The normalized spacial score (nSPS) is 15.4. The number of aryl methyl sites for hydroxylation is 1. The van der Waals surface area contributed by atoms with Gasteiger partial charge in [-0.05, 0) is 82.9 Å². The van der Waals surface area contributed by atoms with Crippen molar-refractivity contribution in [3.63, 3.8) is 0 Å². The fraction of sp³-hybridized carbons (Fsp3) is 0.417. The van der Waals surface area contributed by atoms with E-state index in [0.29, 0.717) is 22.5 Å². The lowest BCUT2D eigenvalue weighted by Gasteiger charge is -2.28. The first-order valence-corrected chi connectivity index (χ1v) is 11.5. The van der Waals surface area contributed by atoms with Crippen molar-refractivity contribution in [1.82, 2.24) is 19.9 Å². The maximum Gasteiger partial charge on any atom is 0.213 e. The third-order valence-electron chi connectivity index (χ3n) is 5.88. The van der Waals surface area contributed by atoms with Crippen molar-refractivity contribution < 1.29 is 4.74 Å². The highest BCUT2D eigenvalue weighted by atomic mass is 35.5. The average Bonchev–Trinajstić information content (AvgIpc) is 3.14. The van der Waals surface area contributed by atoms with Gasteiger partial charge in [-0.25, -0.2) is 9.97 Å². The summed E-state index contributed by atoms with van der Waals surface area (Å²) in [6, 6.07) is 9.32. The number of nitrogens with zero attached hydrogens (tertiary/aromatic N) is 3. The minimum absolute atomic E-state index is 0.588. The summed E-state index contributed by atoms with van der Waals surface area (Å²) in [6.07, 6.45) is 6.69. The van der Waals surface area contributed by atoms with Crippen molar-refractivity contribution in [2.45, 2.75) is 32.6 Å². The number of aromatic amines is 1. The van der Waals surface area contributed by atoms with Gasteiger partial charge in [0.2, 0.25) is 5.88 Å². The molecular formula is C24H28Cl2N4O. The lowest BCUT2D eigenvalue weighted by molar-refractivity contribution is 0.199. The summed E-state index contributed by atoms with van der Waals surface area (Å²) in [5.74, 6) is 2.24. The number of rotatable bonds is 7. The van der Waals surface area contributed by atoms with Crippen molar-refractivity contribution in [2.24, 2.45) is 5.92 Å². The van der Waals surface area contributed by atoms with Crippen LogP contribution >= 0.6 is 23.2 Å². The van der Waals surface area contributed by atoms with Crippen LogP contribution in [0.15, 0.2) is 36.5 Å². The number of imidazole rings is 1. The number of halogens is 2. The van der Waals surface area contributed by atoms with Crippen molar-refractivity contribution in [3.05, 3.63) is 52.3 Å². The topological polar surface area (TPSA) is 54.0 Å². The van der Waals surface area contributed by atoms with E-state index in [9.17, 15) is 0 Å². The van der Waals surface area contributed by atoms with E-state index >= 15 is 0 Å². The molecule has 3 aromatic rings. The van der Waals surface area contributed by atoms with Crippen LogP contribution < -0.4 is 4.74 Å². The van der Waals surface area contributed by atoms with E-state index in [4.69, 9.17) is 32.9 Å². The largest absolute Gasteiger partial charge is 0.478 e. The van der Waals surface area contributed by atoms with Crippen LogP contribution in [-0.2, 0) is 0 Å². The lowest BCUT2D eigenvalue weighted by atomic mass is 9.93. The number of piperidine rings is 1. The minimum Gasteiger partial charge on any atom is -0.478 e. The molecular weight excluding hydrogens is 431 g/mol. The van der Waals surface area contributed by atoms with Crippen molar-refractivity contribution in [1.29, 1.82) is 0 Å². The number of aromatic nitrogens is 3. The van der Waals surface area contributed by atoms with Gasteiger partial charge in [-0.2, -0.15) is 0 Å². The van der Waals surface area contributed by atoms with Crippen LogP contribution in [-0.4, -0.2) is 46.6 Å². The second-order valence-corrected chi connectivity index (χ2v) is 9.21. The zero-order valence-corrected chi connectivity index (χ0v) is 19.5. The lowest BCUT2D eigenvalue weighted by Crippen LogP contribution is -2.30. The first kappa shape index (κ1) is 22.1. The van der Waals surface area contributed by atoms with Crippen LogP contribution in [0.3, 0.4) is 0 Å². The third kappa shape index (κ3) is 5.79. The highest BCUT2D eigenvalue weighted by Gasteiger charge is 2.16. The molecule has 0 unspecified atom stereocenters. The molecule has 0 amide bonds. The molecule has 1 aromatic carbocycles. The van der Waals surface area contributed by atoms with Gasteiger partial charge in [0.1, 0.15) is 5.82 Å².